The van der Waals surface area contributed by atoms with Gasteiger partial charge in [-0.15, -0.1) is 0 Å². The van der Waals surface area contributed by atoms with E-state index >= 15 is 0 Å². The summed E-state index contributed by atoms with van der Waals surface area (Å²) in [4.78, 5) is 12.5. The maximum atomic E-state index is 6.33. The van der Waals surface area contributed by atoms with Crippen molar-refractivity contribution in [1.82, 2.24) is 15.0 Å². The number of benzene rings is 1. The molecule has 0 aliphatic rings. The number of hydrogen-bond acceptors (Lipinski definition) is 6. The molecule has 4 N–H and O–H groups in total. The lowest BCUT2D eigenvalue weighted by molar-refractivity contribution is 1.11. The van der Waals surface area contributed by atoms with Gasteiger partial charge in [-0.25, -0.2) is 15.0 Å². The van der Waals surface area contributed by atoms with Gasteiger partial charge in [-0.3, -0.25) is 0 Å². The van der Waals surface area contributed by atoms with E-state index in [0.717, 1.165) is 17.7 Å². The van der Waals surface area contributed by atoms with E-state index in [0.29, 0.717) is 33.2 Å². The summed E-state index contributed by atoms with van der Waals surface area (Å²) in [5, 5.41) is 7.52. The van der Waals surface area contributed by atoms with Crippen molar-refractivity contribution >= 4 is 58.1 Å². The summed E-state index contributed by atoms with van der Waals surface area (Å²) in [6.45, 7) is 4.18. The summed E-state index contributed by atoms with van der Waals surface area (Å²) in [5.74, 6) is 1.52. The minimum atomic E-state index is 0.372. The average molecular weight is 415 g/mol. The molecule has 0 saturated carbocycles. The number of hydrogen-bond donors (Lipinski definition) is 3. The van der Waals surface area contributed by atoms with E-state index in [1.165, 1.54) is 11.9 Å². The van der Waals surface area contributed by atoms with E-state index in [-0.39, 0.29) is 0 Å². The van der Waals surface area contributed by atoms with Gasteiger partial charge in [0.25, 0.3) is 0 Å². The number of para-hydroxylation sites is 1. The van der Waals surface area contributed by atoms with Crippen molar-refractivity contribution in [2.45, 2.75) is 20.3 Å². The molecule has 0 saturated heterocycles. The molecule has 1 aromatic carbocycles. The third-order valence-corrected chi connectivity index (χ3v) is 4.69. The van der Waals surface area contributed by atoms with Gasteiger partial charge in [0.15, 0.2) is 0 Å². The van der Waals surface area contributed by atoms with Gasteiger partial charge in [0.2, 0.25) is 0 Å². The number of halogens is 2. The van der Waals surface area contributed by atoms with Crippen LogP contribution in [0.5, 0.6) is 0 Å². The van der Waals surface area contributed by atoms with E-state index in [2.05, 4.69) is 45.5 Å². The summed E-state index contributed by atoms with van der Waals surface area (Å²) >= 11 is 12.7. The number of nitrogens with zero attached hydrogens (tertiary/aromatic N) is 3. The highest BCUT2D eigenvalue weighted by Gasteiger charge is 2.10. The minimum Gasteiger partial charge on any atom is -0.384 e. The van der Waals surface area contributed by atoms with Crippen molar-refractivity contribution < 1.29 is 0 Å². The average Bonchev–Trinajstić information content (AvgIpc) is 2.66. The Morgan fingerprint density at radius 3 is 2.46 bits per heavy atom. The zero-order chi connectivity index (χ0) is 20.1. The molecule has 3 rings (SSSR count). The second-order valence-electron chi connectivity index (χ2n) is 6.18. The van der Waals surface area contributed by atoms with E-state index in [1.807, 2.05) is 6.07 Å². The van der Waals surface area contributed by atoms with E-state index < -0.39 is 0 Å². The molecule has 0 atom stereocenters. The summed E-state index contributed by atoms with van der Waals surface area (Å²) in [5.41, 5.74) is 9.30. The Morgan fingerprint density at radius 2 is 1.79 bits per heavy atom. The highest BCUT2D eigenvalue weighted by atomic mass is 35.5. The Bertz CT molecular complexity index is 999. The van der Waals surface area contributed by atoms with Crippen LogP contribution in [-0.2, 0) is 0 Å². The first-order valence-corrected chi connectivity index (χ1v) is 9.44. The first kappa shape index (κ1) is 19.9. The van der Waals surface area contributed by atoms with Gasteiger partial charge in [0.1, 0.15) is 23.8 Å². The Kier molecular flexibility index (Phi) is 6.34. The van der Waals surface area contributed by atoms with E-state index in [9.17, 15) is 0 Å². The van der Waals surface area contributed by atoms with Gasteiger partial charge in [-0.1, -0.05) is 47.8 Å². The second-order valence-corrected chi connectivity index (χ2v) is 6.99. The highest BCUT2D eigenvalue weighted by Crippen LogP contribution is 2.35. The Balaban J connectivity index is 2.00. The Morgan fingerprint density at radius 1 is 1.07 bits per heavy atom. The zero-order valence-electron chi connectivity index (χ0n) is 15.5. The highest BCUT2D eigenvalue weighted by molar-refractivity contribution is 6.39. The first-order chi connectivity index (χ1) is 13.5. The van der Waals surface area contributed by atoms with Crippen LogP contribution in [0.25, 0.3) is 6.08 Å². The molecule has 28 heavy (non-hydrogen) atoms. The van der Waals surface area contributed by atoms with Crippen LogP contribution in [0.1, 0.15) is 25.8 Å². The van der Waals surface area contributed by atoms with Crippen LogP contribution < -0.4 is 16.4 Å². The third kappa shape index (κ3) is 4.91. The summed E-state index contributed by atoms with van der Waals surface area (Å²) in [7, 11) is 0. The Hall–Kier alpha value is -2.83. The summed E-state index contributed by atoms with van der Waals surface area (Å²) in [6.07, 6.45) is 6.18. The molecule has 2 aromatic heterocycles. The van der Waals surface area contributed by atoms with Crippen LogP contribution in [0.2, 0.25) is 10.0 Å². The van der Waals surface area contributed by atoms with Crippen LogP contribution in [0, 0.1) is 0 Å². The van der Waals surface area contributed by atoms with Crippen molar-refractivity contribution in [3.05, 3.63) is 64.0 Å². The van der Waals surface area contributed by atoms with Crippen LogP contribution in [0.3, 0.4) is 0 Å². The van der Waals surface area contributed by atoms with Crippen molar-refractivity contribution in [2.75, 3.05) is 16.4 Å². The fourth-order valence-electron chi connectivity index (χ4n) is 2.45. The maximum Gasteiger partial charge on any atom is 0.137 e. The fraction of sp³-hybridized carbons (Fsp3) is 0.150. The smallest absolute Gasteiger partial charge is 0.137 e. The van der Waals surface area contributed by atoms with Gasteiger partial charge in [0, 0.05) is 23.9 Å². The largest absolute Gasteiger partial charge is 0.384 e. The second kappa shape index (κ2) is 8.91. The number of aromatic nitrogens is 3. The number of anilines is 5. The monoisotopic (exact) mass is 414 g/mol. The van der Waals surface area contributed by atoms with Crippen molar-refractivity contribution in [3.8, 4) is 0 Å². The lowest BCUT2D eigenvalue weighted by Crippen LogP contribution is -2.02. The van der Waals surface area contributed by atoms with Crippen molar-refractivity contribution in [3.63, 3.8) is 0 Å². The number of allylic oxidation sites excluding steroid dienone is 1. The lowest BCUT2D eigenvalue weighted by Gasteiger charge is -2.15. The van der Waals surface area contributed by atoms with Gasteiger partial charge in [-0.2, -0.15) is 0 Å². The maximum absolute atomic E-state index is 6.33. The molecule has 0 aliphatic carbocycles. The van der Waals surface area contributed by atoms with E-state index in [1.54, 1.807) is 30.5 Å². The van der Waals surface area contributed by atoms with Crippen LogP contribution in [0.4, 0.5) is 28.8 Å². The normalized spacial score (nSPS) is 11.4. The molecule has 0 spiro atoms. The molecule has 6 nitrogen and oxygen atoms in total. The predicted molar refractivity (Wildman–Crippen MR) is 118 cm³/mol. The van der Waals surface area contributed by atoms with E-state index in [4.69, 9.17) is 28.9 Å². The molecule has 0 amide bonds. The van der Waals surface area contributed by atoms with Crippen LogP contribution in [-0.4, -0.2) is 15.0 Å². The van der Waals surface area contributed by atoms with Gasteiger partial charge >= 0.3 is 0 Å². The molecule has 3 aromatic rings. The minimum absolute atomic E-state index is 0.372. The molecule has 0 fully saturated rings. The first-order valence-electron chi connectivity index (χ1n) is 8.69. The zero-order valence-corrected chi connectivity index (χ0v) is 17.0. The quantitative estimate of drug-likeness (QED) is 0.453. The molecule has 0 unspecified atom stereocenters. The molecule has 0 radical (unpaired) electrons. The third-order valence-electron chi connectivity index (χ3n) is 4.06. The molecular weight excluding hydrogens is 395 g/mol. The van der Waals surface area contributed by atoms with Crippen molar-refractivity contribution in [2.24, 2.45) is 0 Å². The SMILES string of the molecule is CCC(C)=Cc1cnc(Nc2cc(N)ncn2)cc1Nc1c(Cl)cccc1Cl. The fourth-order valence-corrected chi connectivity index (χ4v) is 2.94. The summed E-state index contributed by atoms with van der Waals surface area (Å²) < 4.78 is 0. The molecule has 2 heterocycles. The van der Waals surface area contributed by atoms with Crippen LogP contribution >= 0.6 is 23.2 Å². The number of nitrogens with two attached hydrogens (primary N) is 1. The molecule has 144 valence electrons. The number of nitrogen functional groups attached to an aromatic ring is 1. The van der Waals surface area contributed by atoms with Gasteiger partial charge in [0.05, 0.1) is 21.4 Å². The van der Waals surface area contributed by atoms with Crippen LogP contribution in [0.15, 0.2) is 48.4 Å². The summed E-state index contributed by atoms with van der Waals surface area (Å²) in [6, 6.07) is 8.87. The van der Waals surface area contributed by atoms with Gasteiger partial charge < -0.3 is 16.4 Å². The standard InChI is InChI=1S/C20H20Cl2N6/c1-3-12(2)7-13-10-24-18(28-19-9-17(23)25-11-26-19)8-16(13)27-20-14(21)5-4-6-15(20)22/h4-11H,3H2,1-2H3,(H4,23,24,25,26,27,28). The molecule has 0 bridgehead atoms. The van der Waals surface area contributed by atoms with Gasteiger partial charge in [-0.05, 0) is 25.5 Å². The Labute approximate surface area is 173 Å². The number of rotatable bonds is 6. The number of pyridine rings is 1. The molecule has 0 aliphatic heterocycles. The molecular formula is C20H20Cl2N6. The molecule has 8 heteroatoms. The van der Waals surface area contributed by atoms with Crippen molar-refractivity contribution in [1.29, 1.82) is 0 Å². The topological polar surface area (TPSA) is 88.8 Å². The number of nitrogens with one attached hydrogen (secondary N) is 2. The lowest BCUT2D eigenvalue weighted by atomic mass is 10.1. The predicted octanol–water partition coefficient (Wildman–Crippen LogP) is 6.06.